The first kappa shape index (κ1) is 23.6. The summed E-state index contributed by atoms with van der Waals surface area (Å²) in [6.45, 7) is 3.74. The van der Waals surface area contributed by atoms with Crippen molar-refractivity contribution in [2.75, 3.05) is 18.1 Å². The summed E-state index contributed by atoms with van der Waals surface area (Å²) in [4.78, 5) is 23.0. The number of nitrogens with zero attached hydrogens (tertiary/aromatic N) is 4. The molecule has 1 aliphatic heterocycles. The molecule has 0 fully saturated rings. The van der Waals surface area contributed by atoms with Crippen LogP contribution in [0.2, 0.25) is 10.0 Å². The van der Waals surface area contributed by atoms with Crippen molar-refractivity contribution in [1.29, 1.82) is 0 Å². The summed E-state index contributed by atoms with van der Waals surface area (Å²) in [5, 5.41) is 1.09. The molecule has 4 aromatic rings. The molecule has 7 heteroatoms. The van der Waals surface area contributed by atoms with Crippen LogP contribution >= 0.6 is 23.2 Å². The summed E-state index contributed by atoms with van der Waals surface area (Å²) in [6.07, 6.45) is 1.42. The molecular weight excluding hydrogens is 479 g/mol. The molecule has 5 rings (SSSR count). The Morgan fingerprint density at radius 3 is 2.26 bits per heavy atom. The zero-order valence-corrected chi connectivity index (χ0v) is 21.0. The molecule has 0 saturated carbocycles. The number of benzene rings is 3. The smallest absolute Gasteiger partial charge is 0.259 e. The summed E-state index contributed by atoms with van der Waals surface area (Å²) in [5.41, 5.74) is 4.55. The van der Waals surface area contributed by atoms with Crippen molar-refractivity contribution in [3.8, 4) is 0 Å². The third kappa shape index (κ3) is 5.13. The first-order valence-corrected chi connectivity index (χ1v) is 12.4. The highest BCUT2D eigenvalue weighted by molar-refractivity contribution is 6.36. The average Bonchev–Trinajstić information content (AvgIpc) is 2.87. The van der Waals surface area contributed by atoms with Crippen molar-refractivity contribution in [1.82, 2.24) is 14.5 Å². The minimum Gasteiger partial charge on any atom is -0.297 e. The van der Waals surface area contributed by atoms with Crippen molar-refractivity contribution in [3.63, 3.8) is 0 Å². The molecule has 0 atom stereocenters. The molecule has 0 N–H and O–H groups in total. The zero-order valence-electron chi connectivity index (χ0n) is 19.5. The summed E-state index contributed by atoms with van der Waals surface area (Å²) < 4.78 is 1.77. The van der Waals surface area contributed by atoms with Crippen LogP contribution in [0.15, 0.2) is 83.7 Å². The number of fused-ring (bicyclic) bond motifs is 1. The van der Waals surface area contributed by atoms with Gasteiger partial charge in [0.05, 0.1) is 29.7 Å². The second-order valence-corrected chi connectivity index (χ2v) is 9.65. The van der Waals surface area contributed by atoms with Gasteiger partial charge in [0.1, 0.15) is 0 Å². The van der Waals surface area contributed by atoms with Crippen LogP contribution in [-0.4, -0.2) is 27.7 Å². The van der Waals surface area contributed by atoms with Gasteiger partial charge in [-0.25, -0.2) is 4.98 Å². The maximum atomic E-state index is 13.8. The molecule has 0 saturated heterocycles. The van der Waals surface area contributed by atoms with Gasteiger partial charge in [-0.1, -0.05) is 83.9 Å². The van der Waals surface area contributed by atoms with Crippen LogP contribution in [0.5, 0.6) is 0 Å². The maximum absolute atomic E-state index is 13.8. The topological polar surface area (TPSA) is 41.4 Å². The molecule has 3 aromatic carbocycles. The van der Waals surface area contributed by atoms with Crippen LogP contribution in [-0.2, 0) is 19.5 Å². The van der Waals surface area contributed by atoms with E-state index in [4.69, 9.17) is 28.2 Å². The summed E-state index contributed by atoms with van der Waals surface area (Å²) >= 11 is 12.8. The van der Waals surface area contributed by atoms with E-state index in [1.54, 1.807) is 10.6 Å². The summed E-state index contributed by atoms with van der Waals surface area (Å²) in [5.74, 6) is 0.601. The van der Waals surface area contributed by atoms with E-state index in [1.807, 2.05) is 72.5 Å². The molecule has 2 heterocycles. The Balaban J connectivity index is 1.54. The highest BCUT2D eigenvalue weighted by Gasteiger charge is 2.29. The minimum atomic E-state index is -0.0177. The maximum Gasteiger partial charge on any atom is 0.259 e. The van der Waals surface area contributed by atoms with E-state index in [-0.39, 0.29) is 5.56 Å². The highest BCUT2D eigenvalue weighted by Crippen LogP contribution is 2.35. The lowest BCUT2D eigenvalue weighted by atomic mass is 10.1. The molecule has 0 amide bonds. The number of halogens is 2. The lowest BCUT2D eigenvalue weighted by Crippen LogP contribution is -2.48. The third-order valence-corrected chi connectivity index (χ3v) is 6.90. The van der Waals surface area contributed by atoms with E-state index in [2.05, 4.69) is 17.0 Å². The largest absolute Gasteiger partial charge is 0.297 e. The van der Waals surface area contributed by atoms with E-state index in [1.165, 1.54) is 5.56 Å². The fraction of sp³-hybridized carbons (Fsp3) is 0.214. The monoisotopic (exact) mass is 504 g/mol. The molecule has 0 bridgehead atoms. The van der Waals surface area contributed by atoms with Gasteiger partial charge in [0.2, 0.25) is 5.95 Å². The number of aryl methyl sites for hydroxylation is 1. The summed E-state index contributed by atoms with van der Waals surface area (Å²) in [6, 6.07) is 25.8. The number of rotatable bonds is 6. The number of anilines is 2. The van der Waals surface area contributed by atoms with Gasteiger partial charge in [-0.3, -0.25) is 19.2 Å². The molecule has 0 radical (unpaired) electrons. The van der Waals surface area contributed by atoms with Crippen LogP contribution in [0.3, 0.4) is 0 Å². The van der Waals surface area contributed by atoms with Gasteiger partial charge in [0.15, 0.2) is 0 Å². The molecule has 0 spiro atoms. The quantitative estimate of drug-likeness (QED) is 0.320. The van der Waals surface area contributed by atoms with Gasteiger partial charge >= 0.3 is 0 Å². The van der Waals surface area contributed by atoms with E-state index in [9.17, 15) is 4.79 Å². The van der Waals surface area contributed by atoms with Gasteiger partial charge in [-0.2, -0.15) is 0 Å². The second kappa shape index (κ2) is 10.2. The molecule has 0 unspecified atom stereocenters. The van der Waals surface area contributed by atoms with Gasteiger partial charge < -0.3 is 0 Å². The SMILES string of the molecule is Cc1nc2n(c(=O)c1Cc1ccccc1)CN(CCc1ccccc1)CN2c1ccc(Cl)cc1Cl. The minimum absolute atomic E-state index is 0.0177. The van der Waals surface area contributed by atoms with Crippen molar-refractivity contribution < 1.29 is 0 Å². The van der Waals surface area contributed by atoms with Gasteiger partial charge in [0.25, 0.3) is 5.56 Å². The predicted molar refractivity (Wildman–Crippen MR) is 143 cm³/mol. The fourth-order valence-corrected chi connectivity index (χ4v) is 5.00. The standard InChI is InChI=1S/C28H26Cl2N4O/c1-20-24(16-22-10-6-3-7-11-22)27(35)34-19-32(15-14-21-8-4-2-5-9-21)18-33(28(34)31-20)26-13-12-23(29)17-25(26)30/h2-13,17H,14-16,18-19H2,1H3. The number of hydrogen-bond acceptors (Lipinski definition) is 4. The van der Waals surface area contributed by atoms with Crippen LogP contribution in [0.25, 0.3) is 0 Å². The Morgan fingerprint density at radius 1 is 0.886 bits per heavy atom. The van der Waals surface area contributed by atoms with Crippen LogP contribution < -0.4 is 10.5 Å². The van der Waals surface area contributed by atoms with Gasteiger partial charge in [-0.05, 0) is 42.7 Å². The van der Waals surface area contributed by atoms with Crippen LogP contribution in [0.4, 0.5) is 11.6 Å². The Hall–Kier alpha value is -3.12. The highest BCUT2D eigenvalue weighted by atomic mass is 35.5. The normalized spacial score (nSPS) is 13.6. The Bertz CT molecular complexity index is 1390. The molecule has 1 aromatic heterocycles. The number of aromatic nitrogens is 2. The summed E-state index contributed by atoms with van der Waals surface area (Å²) in [7, 11) is 0. The molecule has 1 aliphatic rings. The number of hydrogen-bond donors (Lipinski definition) is 0. The molecule has 35 heavy (non-hydrogen) atoms. The molecule has 5 nitrogen and oxygen atoms in total. The van der Waals surface area contributed by atoms with Crippen LogP contribution in [0.1, 0.15) is 22.4 Å². The van der Waals surface area contributed by atoms with Gasteiger partial charge in [-0.15, -0.1) is 0 Å². The fourth-order valence-electron chi connectivity index (χ4n) is 4.49. The molecular formula is C28H26Cl2N4O. The van der Waals surface area contributed by atoms with Crippen molar-refractivity contribution >= 4 is 34.8 Å². The third-order valence-electron chi connectivity index (χ3n) is 6.36. The molecule has 0 aliphatic carbocycles. The van der Waals surface area contributed by atoms with Crippen LogP contribution in [0, 0.1) is 6.92 Å². The second-order valence-electron chi connectivity index (χ2n) is 8.81. The van der Waals surface area contributed by atoms with E-state index in [0.717, 1.165) is 29.9 Å². The predicted octanol–water partition coefficient (Wildman–Crippen LogP) is 6.06. The lowest BCUT2D eigenvalue weighted by Gasteiger charge is -2.38. The average molecular weight is 505 g/mol. The van der Waals surface area contributed by atoms with Gasteiger partial charge in [0, 0.05) is 23.6 Å². The van der Waals surface area contributed by atoms with E-state index in [0.29, 0.717) is 41.3 Å². The van der Waals surface area contributed by atoms with Crippen molar-refractivity contribution in [2.45, 2.75) is 26.4 Å². The van der Waals surface area contributed by atoms with Crippen molar-refractivity contribution in [3.05, 3.63) is 122 Å². The lowest BCUT2D eigenvalue weighted by molar-refractivity contribution is 0.200. The Morgan fingerprint density at radius 2 is 1.57 bits per heavy atom. The Kier molecular flexibility index (Phi) is 6.91. The van der Waals surface area contributed by atoms with E-state index >= 15 is 0 Å². The molecule has 178 valence electrons. The first-order chi connectivity index (χ1) is 17.0. The Labute approximate surface area is 215 Å². The van der Waals surface area contributed by atoms with Crippen molar-refractivity contribution in [2.24, 2.45) is 0 Å². The zero-order chi connectivity index (χ0) is 24.4. The van der Waals surface area contributed by atoms with E-state index < -0.39 is 0 Å². The first-order valence-electron chi connectivity index (χ1n) is 11.6.